The zero-order valence-electron chi connectivity index (χ0n) is 12.5. The number of aryl methyl sites for hydroxylation is 2. The predicted octanol–water partition coefficient (Wildman–Crippen LogP) is 3.78. The number of anilines is 1. The summed E-state index contributed by atoms with van der Waals surface area (Å²) in [5, 5.41) is 8.93. The van der Waals surface area contributed by atoms with E-state index in [2.05, 4.69) is 36.9 Å². The van der Waals surface area contributed by atoms with E-state index in [0.717, 1.165) is 12.2 Å². The van der Waals surface area contributed by atoms with E-state index in [1.165, 1.54) is 16.7 Å². The largest absolute Gasteiger partial charge is 0.481 e. The molecule has 110 valence electrons. The Kier molecular flexibility index (Phi) is 4.99. The summed E-state index contributed by atoms with van der Waals surface area (Å²) in [7, 11) is 0. The number of aliphatic carboxylic acids is 1. The lowest BCUT2D eigenvalue weighted by Gasteiger charge is -2.24. The lowest BCUT2D eigenvalue weighted by Crippen LogP contribution is -2.25. The van der Waals surface area contributed by atoms with Crippen molar-refractivity contribution >= 4 is 11.7 Å². The lowest BCUT2D eigenvalue weighted by molar-refractivity contribution is -0.136. The van der Waals surface area contributed by atoms with Gasteiger partial charge >= 0.3 is 5.97 Å². The first-order valence-corrected chi connectivity index (χ1v) is 7.14. The second-order valence-electron chi connectivity index (χ2n) is 5.32. The van der Waals surface area contributed by atoms with Gasteiger partial charge in [-0.2, -0.15) is 0 Å². The quantitative estimate of drug-likeness (QED) is 0.877. The highest BCUT2D eigenvalue weighted by Crippen LogP contribution is 2.18. The third kappa shape index (κ3) is 4.35. The SMILES string of the molecule is Cc1ccc(CN(CCC(=O)O)c2ccccc2)cc1C. The van der Waals surface area contributed by atoms with E-state index in [-0.39, 0.29) is 6.42 Å². The van der Waals surface area contributed by atoms with E-state index in [1.807, 2.05) is 30.3 Å². The number of hydrogen-bond acceptors (Lipinski definition) is 2. The predicted molar refractivity (Wildman–Crippen MR) is 85.7 cm³/mol. The monoisotopic (exact) mass is 283 g/mol. The molecule has 0 aliphatic rings. The van der Waals surface area contributed by atoms with Crippen LogP contribution in [0.5, 0.6) is 0 Å². The van der Waals surface area contributed by atoms with Crippen molar-refractivity contribution in [2.45, 2.75) is 26.8 Å². The Morgan fingerprint density at radius 3 is 2.38 bits per heavy atom. The molecule has 1 N–H and O–H groups in total. The molecule has 2 aromatic rings. The van der Waals surface area contributed by atoms with Crippen molar-refractivity contribution < 1.29 is 9.90 Å². The molecule has 0 spiro atoms. The van der Waals surface area contributed by atoms with Crippen LogP contribution < -0.4 is 4.90 Å². The molecule has 0 saturated heterocycles. The number of para-hydroxylation sites is 1. The van der Waals surface area contributed by atoms with Crippen molar-refractivity contribution in [2.24, 2.45) is 0 Å². The van der Waals surface area contributed by atoms with Crippen molar-refractivity contribution in [1.29, 1.82) is 0 Å². The maximum Gasteiger partial charge on any atom is 0.305 e. The van der Waals surface area contributed by atoms with Gasteiger partial charge in [-0.15, -0.1) is 0 Å². The molecular weight excluding hydrogens is 262 g/mol. The molecule has 0 fully saturated rings. The fourth-order valence-corrected chi connectivity index (χ4v) is 2.29. The maximum absolute atomic E-state index is 10.9. The molecule has 0 atom stereocenters. The summed E-state index contributed by atoms with van der Waals surface area (Å²) in [6, 6.07) is 16.4. The maximum atomic E-state index is 10.9. The van der Waals surface area contributed by atoms with Gasteiger partial charge in [-0.3, -0.25) is 4.79 Å². The molecule has 0 radical (unpaired) electrons. The Morgan fingerprint density at radius 2 is 1.76 bits per heavy atom. The lowest BCUT2D eigenvalue weighted by atomic mass is 10.1. The molecule has 0 amide bonds. The van der Waals surface area contributed by atoms with Gasteiger partial charge in [0.05, 0.1) is 6.42 Å². The molecule has 2 rings (SSSR count). The van der Waals surface area contributed by atoms with Crippen molar-refractivity contribution in [3.8, 4) is 0 Å². The normalized spacial score (nSPS) is 10.4. The molecule has 3 nitrogen and oxygen atoms in total. The van der Waals surface area contributed by atoms with E-state index in [0.29, 0.717) is 6.54 Å². The van der Waals surface area contributed by atoms with Crippen LogP contribution in [0.3, 0.4) is 0 Å². The molecule has 0 aromatic heterocycles. The highest BCUT2D eigenvalue weighted by Gasteiger charge is 2.09. The van der Waals surface area contributed by atoms with Gasteiger partial charge in [0.15, 0.2) is 0 Å². The van der Waals surface area contributed by atoms with Crippen LogP contribution in [-0.4, -0.2) is 17.6 Å². The van der Waals surface area contributed by atoms with Crippen molar-refractivity contribution in [2.75, 3.05) is 11.4 Å². The second kappa shape index (κ2) is 6.93. The molecule has 0 heterocycles. The summed E-state index contributed by atoms with van der Waals surface area (Å²) in [5.41, 5.74) is 4.79. The van der Waals surface area contributed by atoms with Crippen LogP contribution in [0.4, 0.5) is 5.69 Å². The van der Waals surface area contributed by atoms with Crippen molar-refractivity contribution in [3.63, 3.8) is 0 Å². The first kappa shape index (κ1) is 15.1. The fourth-order valence-electron chi connectivity index (χ4n) is 2.29. The van der Waals surface area contributed by atoms with Gasteiger partial charge in [-0.25, -0.2) is 0 Å². The van der Waals surface area contributed by atoms with Gasteiger partial charge in [0.2, 0.25) is 0 Å². The number of nitrogens with zero attached hydrogens (tertiary/aromatic N) is 1. The Labute approximate surface area is 125 Å². The van der Waals surface area contributed by atoms with Gasteiger partial charge in [0.25, 0.3) is 0 Å². The van der Waals surface area contributed by atoms with E-state index in [1.54, 1.807) is 0 Å². The first-order valence-electron chi connectivity index (χ1n) is 7.14. The summed E-state index contributed by atoms with van der Waals surface area (Å²) >= 11 is 0. The van der Waals surface area contributed by atoms with Gasteiger partial charge in [-0.05, 0) is 42.7 Å². The average Bonchev–Trinajstić information content (AvgIpc) is 2.48. The summed E-state index contributed by atoms with van der Waals surface area (Å²) in [6.07, 6.45) is 0.139. The standard InChI is InChI=1S/C18H21NO2/c1-14-8-9-16(12-15(14)2)13-19(11-10-18(20)21)17-6-4-3-5-7-17/h3-9,12H,10-11,13H2,1-2H3,(H,20,21). The fraction of sp³-hybridized carbons (Fsp3) is 0.278. The Morgan fingerprint density at radius 1 is 1.05 bits per heavy atom. The smallest absolute Gasteiger partial charge is 0.305 e. The third-order valence-corrected chi connectivity index (χ3v) is 3.66. The summed E-state index contributed by atoms with van der Waals surface area (Å²) in [4.78, 5) is 13.0. The van der Waals surface area contributed by atoms with Crippen LogP contribution in [-0.2, 0) is 11.3 Å². The number of carbonyl (C=O) groups is 1. The first-order chi connectivity index (χ1) is 10.1. The zero-order valence-corrected chi connectivity index (χ0v) is 12.5. The van der Waals surface area contributed by atoms with Gasteiger partial charge in [-0.1, -0.05) is 36.4 Å². The summed E-state index contributed by atoms with van der Waals surface area (Å²) in [6.45, 7) is 5.42. The zero-order chi connectivity index (χ0) is 15.2. The summed E-state index contributed by atoms with van der Waals surface area (Å²) in [5.74, 6) is -0.768. The third-order valence-electron chi connectivity index (χ3n) is 3.66. The number of carboxylic acids is 1. The minimum Gasteiger partial charge on any atom is -0.481 e. The number of rotatable bonds is 6. The topological polar surface area (TPSA) is 40.5 Å². The molecule has 0 aliphatic carbocycles. The van der Waals surface area contributed by atoms with Crippen molar-refractivity contribution in [3.05, 3.63) is 65.2 Å². The minimum absolute atomic E-state index is 0.139. The molecule has 0 bridgehead atoms. The van der Waals surface area contributed by atoms with E-state index in [9.17, 15) is 4.79 Å². The molecule has 0 aliphatic heterocycles. The highest BCUT2D eigenvalue weighted by molar-refractivity contribution is 5.67. The van der Waals surface area contributed by atoms with Crippen LogP contribution in [0.25, 0.3) is 0 Å². The Hall–Kier alpha value is -2.29. The van der Waals surface area contributed by atoms with E-state index in [4.69, 9.17) is 5.11 Å². The van der Waals surface area contributed by atoms with Gasteiger partial charge in [0, 0.05) is 18.8 Å². The Bertz CT molecular complexity index is 608. The van der Waals surface area contributed by atoms with E-state index >= 15 is 0 Å². The van der Waals surface area contributed by atoms with Crippen molar-refractivity contribution in [1.82, 2.24) is 0 Å². The average molecular weight is 283 g/mol. The number of hydrogen-bond donors (Lipinski definition) is 1. The van der Waals surface area contributed by atoms with Crippen LogP contribution in [0.2, 0.25) is 0 Å². The minimum atomic E-state index is -0.768. The van der Waals surface area contributed by atoms with Crippen LogP contribution in [0, 0.1) is 13.8 Å². The van der Waals surface area contributed by atoms with Gasteiger partial charge in [0.1, 0.15) is 0 Å². The summed E-state index contributed by atoms with van der Waals surface area (Å²) < 4.78 is 0. The van der Waals surface area contributed by atoms with Crippen LogP contribution in [0.1, 0.15) is 23.1 Å². The molecule has 2 aromatic carbocycles. The van der Waals surface area contributed by atoms with E-state index < -0.39 is 5.97 Å². The number of benzene rings is 2. The number of carboxylic acid groups (broad SMARTS) is 1. The van der Waals surface area contributed by atoms with Gasteiger partial charge < -0.3 is 10.0 Å². The molecular formula is C18H21NO2. The molecule has 0 unspecified atom stereocenters. The van der Waals surface area contributed by atoms with Crippen LogP contribution >= 0.6 is 0 Å². The Balaban J connectivity index is 2.18. The molecule has 0 saturated carbocycles. The molecule has 21 heavy (non-hydrogen) atoms. The second-order valence-corrected chi connectivity index (χ2v) is 5.32. The van der Waals surface area contributed by atoms with Crippen LogP contribution in [0.15, 0.2) is 48.5 Å². The molecule has 3 heteroatoms. The highest BCUT2D eigenvalue weighted by atomic mass is 16.4.